The molecule has 7 nitrogen and oxygen atoms in total. The number of rotatable bonds is 9. The molecule has 0 aliphatic rings. The Hall–Kier alpha value is -3.82. The molecule has 0 unspecified atom stereocenters. The monoisotopic (exact) mass is 478 g/mol. The maximum atomic E-state index is 13.0. The molecule has 1 aromatic heterocycles. The average Bonchev–Trinajstić information content (AvgIpc) is 3.28. The summed E-state index contributed by atoms with van der Waals surface area (Å²) >= 11 is 0. The van der Waals surface area contributed by atoms with Crippen molar-refractivity contribution in [2.45, 2.75) is 17.9 Å². The number of benzene rings is 3. The van der Waals surface area contributed by atoms with Crippen LogP contribution in [0.2, 0.25) is 0 Å². The van der Waals surface area contributed by atoms with E-state index in [-0.39, 0.29) is 30.3 Å². The zero-order valence-corrected chi connectivity index (χ0v) is 19.0. The molecule has 3 aromatic carbocycles. The first-order valence-corrected chi connectivity index (χ1v) is 12.1. The number of sulfonamides is 1. The number of para-hydroxylation sites is 1. The van der Waals surface area contributed by atoms with Gasteiger partial charge in [0.15, 0.2) is 0 Å². The second-order valence-electron chi connectivity index (χ2n) is 7.53. The highest BCUT2D eigenvalue weighted by Crippen LogP contribution is 2.23. The minimum atomic E-state index is -3.82. The summed E-state index contributed by atoms with van der Waals surface area (Å²) in [7, 11) is -3.82. The summed E-state index contributed by atoms with van der Waals surface area (Å²) in [5.74, 6) is -0.836. The van der Waals surface area contributed by atoms with Crippen LogP contribution in [0.4, 0.5) is 4.39 Å². The Morgan fingerprint density at radius 1 is 0.912 bits per heavy atom. The lowest BCUT2D eigenvalue weighted by molar-refractivity contribution is -0.121. The van der Waals surface area contributed by atoms with Gasteiger partial charge >= 0.3 is 0 Å². The maximum Gasteiger partial charge on any atom is 0.240 e. The lowest BCUT2D eigenvalue weighted by Crippen LogP contribution is -2.30. The SMILES string of the molecule is O=C(CCNS(=O)(=O)c1ccc(F)cc1)NCc1cn(-c2ccccc2)nc1-c1ccccc1. The zero-order valence-electron chi connectivity index (χ0n) is 18.2. The number of hydrogen-bond acceptors (Lipinski definition) is 4. The molecule has 0 spiro atoms. The first-order valence-electron chi connectivity index (χ1n) is 10.6. The van der Waals surface area contributed by atoms with E-state index in [0.717, 1.165) is 34.6 Å². The summed E-state index contributed by atoms with van der Waals surface area (Å²) in [6, 6.07) is 23.8. The van der Waals surface area contributed by atoms with Crippen LogP contribution in [-0.2, 0) is 21.4 Å². The Morgan fingerprint density at radius 3 is 2.24 bits per heavy atom. The van der Waals surface area contributed by atoms with Gasteiger partial charge in [-0.25, -0.2) is 22.2 Å². The molecular weight excluding hydrogens is 455 g/mol. The Balaban J connectivity index is 1.40. The van der Waals surface area contributed by atoms with Crippen LogP contribution in [0.25, 0.3) is 16.9 Å². The highest BCUT2D eigenvalue weighted by Gasteiger charge is 2.16. The molecule has 0 bridgehead atoms. The number of carbonyl (C=O) groups is 1. The van der Waals surface area contributed by atoms with Crippen molar-refractivity contribution in [3.63, 3.8) is 0 Å². The maximum absolute atomic E-state index is 13.0. The van der Waals surface area contributed by atoms with Crippen LogP contribution in [0.15, 0.2) is 96.0 Å². The molecule has 1 amide bonds. The fourth-order valence-corrected chi connectivity index (χ4v) is 4.40. The van der Waals surface area contributed by atoms with E-state index in [1.54, 1.807) is 4.68 Å². The predicted molar refractivity (Wildman–Crippen MR) is 127 cm³/mol. The molecule has 34 heavy (non-hydrogen) atoms. The number of amides is 1. The summed E-state index contributed by atoms with van der Waals surface area (Å²) in [5, 5.41) is 7.54. The molecule has 174 valence electrons. The van der Waals surface area contributed by atoms with Crippen LogP contribution in [-0.4, -0.2) is 30.7 Å². The third-order valence-corrected chi connectivity index (χ3v) is 6.58. The van der Waals surface area contributed by atoms with Gasteiger partial charge in [-0.3, -0.25) is 4.79 Å². The van der Waals surface area contributed by atoms with Crippen LogP contribution in [0.3, 0.4) is 0 Å². The minimum Gasteiger partial charge on any atom is -0.352 e. The normalized spacial score (nSPS) is 11.3. The lowest BCUT2D eigenvalue weighted by Gasteiger charge is -2.08. The van der Waals surface area contributed by atoms with E-state index in [9.17, 15) is 17.6 Å². The largest absolute Gasteiger partial charge is 0.352 e. The lowest BCUT2D eigenvalue weighted by atomic mass is 10.1. The van der Waals surface area contributed by atoms with E-state index in [1.165, 1.54) is 12.1 Å². The van der Waals surface area contributed by atoms with Gasteiger partial charge in [-0.15, -0.1) is 0 Å². The molecular formula is C25H23FN4O3S. The highest BCUT2D eigenvalue weighted by atomic mass is 32.2. The smallest absolute Gasteiger partial charge is 0.240 e. The molecule has 0 aliphatic heterocycles. The molecule has 4 rings (SSSR count). The van der Waals surface area contributed by atoms with Crippen molar-refractivity contribution in [3.8, 4) is 16.9 Å². The van der Waals surface area contributed by atoms with E-state index >= 15 is 0 Å². The van der Waals surface area contributed by atoms with Gasteiger partial charge in [-0.2, -0.15) is 5.10 Å². The van der Waals surface area contributed by atoms with Gasteiger partial charge in [-0.05, 0) is 36.4 Å². The van der Waals surface area contributed by atoms with Crippen molar-refractivity contribution in [3.05, 3.63) is 103 Å². The second kappa shape index (κ2) is 10.4. The van der Waals surface area contributed by atoms with Gasteiger partial charge in [0.1, 0.15) is 5.82 Å². The van der Waals surface area contributed by atoms with Crippen molar-refractivity contribution in [2.75, 3.05) is 6.54 Å². The van der Waals surface area contributed by atoms with Crippen molar-refractivity contribution in [1.82, 2.24) is 19.8 Å². The van der Waals surface area contributed by atoms with Gasteiger partial charge in [0.2, 0.25) is 15.9 Å². The summed E-state index contributed by atoms with van der Waals surface area (Å²) in [6.45, 7) is 0.154. The Labute approximate surface area is 197 Å². The molecule has 0 aliphatic carbocycles. The van der Waals surface area contributed by atoms with Crippen LogP contribution < -0.4 is 10.0 Å². The number of carbonyl (C=O) groups excluding carboxylic acids is 1. The first kappa shape index (κ1) is 23.3. The topological polar surface area (TPSA) is 93.1 Å². The zero-order chi connectivity index (χ0) is 24.0. The van der Waals surface area contributed by atoms with Crippen molar-refractivity contribution >= 4 is 15.9 Å². The molecule has 0 fully saturated rings. The van der Waals surface area contributed by atoms with Gasteiger partial charge < -0.3 is 5.32 Å². The summed E-state index contributed by atoms with van der Waals surface area (Å²) < 4.78 is 41.7. The third kappa shape index (κ3) is 5.75. The van der Waals surface area contributed by atoms with Crippen molar-refractivity contribution in [1.29, 1.82) is 0 Å². The van der Waals surface area contributed by atoms with E-state index < -0.39 is 15.8 Å². The van der Waals surface area contributed by atoms with Gasteiger partial charge in [0.05, 0.1) is 16.3 Å². The van der Waals surface area contributed by atoms with Gasteiger partial charge in [0, 0.05) is 36.8 Å². The number of hydrogen-bond donors (Lipinski definition) is 2. The highest BCUT2D eigenvalue weighted by molar-refractivity contribution is 7.89. The summed E-state index contributed by atoms with van der Waals surface area (Å²) in [4.78, 5) is 12.3. The molecule has 4 aromatic rings. The molecule has 0 saturated heterocycles. The second-order valence-corrected chi connectivity index (χ2v) is 9.29. The Morgan fingerprint density at radius 2 is 1.56 bits per heavy atom. The Kier molecular flexibility index (Phi) is 7.15. The van der Waals surface area contributed by atoms with E-state index in [0.29, 0.717) is 0 Å². The van der Waals surface area contributed by atoms with Crippen molar-refractivity contribution in [2.24, 2.45) is 0 Å². The van der Waals surface area contributed by atoms with Crippen molar-refractivity contribution < 1.29 is 17.6 Å². The molecule has 9 heteroatoms. The molecule has 0 saturated carbocycles. The van der Waals surface area contributed by atoms with E-state index in [4.69, 9.17) is 5.10 Å². The van der Waals surface area contributed by atoms with Gasteiger partial charge in [0.25, 0.3) is 0 Å². The minimum absolute atomic E-state index is 0.0477. The summed E-state index contributed by atoms with van der Waals surface area (Å²) in [5.41, 5.74) is 3.40. The number of nitrogens with zero attached hydrogens (tertiary/aromatic N) is 2. The third-order valence-electron chi connectivity index (χ3n) is 5.10. The predicted octanol–water partition coefficient (Wildman–Crippen LogP) is 3.66. The first-order chi connectivity index (χ1) is 16.4. The van der Waals surface area contributed by atoms with Crippen LogP contribution in [0.1, 0.15) is 12.0 Å². The number of aromatic nitrogens is 2. The average molecular weight is 479 g/mol. The number of halogens is 1. The molecule has 0 atom stereocenters. The molecule has 0 radical (unpaired) electrons. The van der Waals surface area contributed by atoms with Crippen LogP contribution in [0.5, 0.6) is 0 Å². The standard InChI is InChI=1S/C25H23FN4O3S/c26-21-11-13-23(14-12-21)34(32,33)28-16-15-24(31)27-17-20-18-30(22-9-5-2-6-10-22)29-25(20)19-7-3-1-4-8-19/h1-14,18,28H,15-17H2,(H,27,31). The van der Waals surface area contributed by atoms with Gasteiger partial charge in [-0.1, -0.05) is 48.5 Å². The molecule has 2 N–H and O–H groups in total. The Bertz CT molecular complexity index is 1360. The molecule has 1 heterocycles. The fourth-order valence-electron chi connectivity index (χ4n) is 3.37. The number of nitrogens with one attached hydrogen (secondary N) is 2. The van der Waals surface area contributed by atoms with Crippen LogP contribution in [0, 0.1) is 5.82 Å². The summed E-state index contributed by atoms with van der Waals surface area (Å²) in [6.07, 6.45) is 1.82. The van der Waals surface area contributed by atoms with E-state index in [1.807, 2.05) is 66.9 Å². The fraction of sp³-hybridized carbons (Fsp3) is 0.120. The van der Waals surface area contributed by atoms with E-state index in [2.05, 4.69) is 10.0 Å². The van der Waals surface area contributed by atoms with Crippen LogP contribution >= 0.6 is 0 Å². The quantitative estimate of drug-likeness (QED) is 0.384.